The molecule has 90 valence electrons. The van der Waals surface area contributed by atoms with Crippen LogP contribution >= 0.6 is 11.6 Å². The summed E-state index contributed by atoms with van der Waals surface area (Å²) in [5.41, 5.74) is 3.68. The largest absolute Gasteiger partial charge is 0.504 e. The highest BCUT2D eigenvalue weighted by Gasteiger charge is 2.12. The molecule has 0 unspecified atom stereocenters. The highest BCUT2D eigenvalue weighted by atomic mass is 35.5. The third-order valence-corrected chi connectivity index (χ3v) is 3.02. The first-order valence-corrected chi connectivity index (χ1v) is 9.02. The van der Waals surface area contributed by atoms with Crippen molar-refractivity contribution in [3.63, 3.8) is 0 Å². The van der Waals surface area contributed by atoms with Gasteiger partial charge in [0.05, 0.1) is 5.56 Å². The monoisotopic (exact) mass is 267 g/mol. The fourth-order valence-electron chi connectivity index (χ4n) is 1.04. The van der Waals surface area contributed by atoms with E-state index in [-0.39, 0.29) is 22.4 Å². The Morgan fingerprint density at radius 1 is 1.47 bits per heavy atom. The lowest BCUT2D eigenvalue weighted by atomic mass is 10.2. The molecule has 0 aromatic carbocycles. The second-order valence-corrected chi connectivity index (χ2v) is 9.86. The van der Waals surface area contributed by atoms with Gasteiger partial charge in [0.25, 0.3) is 0 Å². The zero-order chi connectivity index (χ0) is 13.2. The molecule has 0 saturated carbocycles. The van der Waals surface area contributed by atoms with Gasteiger partial charge in [0.15, 0.2) is 16.7 Å². The quantitative estimate of drug-likeness (QED) is 0.368. The molecule has 3 nitrogen and oxygen atoms in total. The molecule has 0 radical (unpaired) electrons. The van der Waals surface area contributed by atoms with Crippen molar-refractivity contribution in [1.29, 1.82) is 0 Å². The van der Waals surface area contributed by atoms with Crippen molar-refractivity contribution in [3.05, 3.63) is 22.5 Å². The van der Waals surface area contributed by atoms with Crippen molar-refractivity contribution in [2.45, 2.75) is 26.6 Å². The number of aromatic hydroxyl groups is 1. The number of pyridine rings is 1. The minimum Gasteiger partial charge on any atom is -0.504 e. The van der Waals surface area contributed by atoms with Crippen molar-refractivity contribution < 1.29 is 9.90 Å². The van der Waals surface area contributed by atoms with Crippen LogP contribution in [0, 0.1) is 11.5 Å². The molecule has 0 aliphatic carbocycles. The third kappa shape index (κ3) is 3.88. The number of carbonyl (C=O) groups is 1. The van der Waals surface area contributed by atoms with Crippen LogP contribution in [0.4, 0.5) is 0 Å². The normalized spacial score (nSPS) is 10.6. The van der Waals surface area contributed by atoms with E-state index in [2.05, 4.69) is 36.1 Å². The van der Waals surface area contributed by atoms with Crippen LogP contribution in [-0.2, 0) is 0 Å². The lowest BCUT2D eigenvalue weighted by Crippen LogP contribution is -2.16. The maximum atomic E-state index is 11.2. The van der Waals surface area contributed by atoms with Crippen molar-refractivity contribution in [1.82, 2.24) is 4.98 Å². The van der Waals surface area contributed by atoms with Crippen LogP contribution in [0.1, 0.15) is 23.0 Å². The second-order valence-electron chi connectivity index (χ2n) is 4.75. The van der Waals surface area contributed by atoms with E-state index in [4.69, 9.17) is 11.6 Å². The molecule has 1 aromatic rings. The first kappa shape index (κ1) is 13.8. The Morgan fingerprint density at radius 3 is 2.53 bits per heavy atom. The average molecular weight is 268 g/mol. The summed E-state index contributed by atoms with van der Waals surface area (Å²) in [6.45, 7) is 7.66. The molecule has 5 heteroatoms. The van der Waals surface area contributed by atoms with Gasteiger partial charge in [-0.2, -0.15) is 0 Å². The van der Waals surface area contributed by atoms with E-state index in [0.29, 0.717) is 5.56 Å². The molecule has 0 atom stereocenters. The van der Waals surface area contributed by atoms with Gasteiger partial charge >= 0.3 is 0 Å². The van der Waals surface area contributed by atoms with Crippen LogP contribution in [-0.4, -0.2) is 23.9 Å². The summed E-state index contributed by atoms with van der Waals surface area (Å²) < 4.78 is 0. The van der Waals surface area contributed by atoms with Gasteiger partial charge in [-0.3, -0.25) is 4.79 Å². The van der Waals surface area contributed by atoms with Crippen LogP contribution in [0.2, 0.25) is 24.8 Å². The van der Waals surface area contributed by atoms with Crippen LogP contribution in [0.3, 0.4) is 0 Å². The number of halogens is 1. The maximum Gasteiger partial charge on any atom is 0.178 e. The minimum absolute atomic E-state index is 0.0856. The lowest BCUT2D eigenvalue weighted by Gasteiger charge is -2.05. The van der Waals surface area contributed by atoms with Crippen LogP contribution < -0.4 is 0 Å². The Balaban J connectivity index is 3.32. The number of ketones is 1. The first-order valence-electron chi connectivity index (χ1n) is 5.14. The number of Topliss-reactive ketones (excluding diaryl/α,β-unsaturated/α-hetero) is 1. The van der Waals surface area contributed by atoms with Gasteiger partial charge in [-0.25, -0.2) is 4.98 Å². The molecule has 1 rings (SSSR count). The van der Waals surface area contributed by atoms with Crippen molar-refractivity contribution in [2.75, 3.05) is 0 Å². The molecule has 0 spiro atoms. The van der Waals surface area contributed by atoms with E-state index in [0.717, 1.165) is 0 Å². The highest BCUT2D eigenvalue weighted by molar-refractivity contribution is 6.83. The summed E-state index contributed by atoms with van der Waals surface area (Å²) in [5.74, 6) is 2.50. The zero-order valence-electron chi connectivity index (χ0n) is 10.3. The van der Waals surface area contributed by atoms with E-state index < -0.39 is 8.07 Å². The van der Waals surface area contributed by atoms with E-state index in [1.165, 1.54) is 13.0 Å². The molecular formula is C12H14ClNO2Si. The van der Waals surface area contributed by atoms with Crippen molar-refractivity contribution in [2.24, 2.45) is 0 Å². The smallest absolute Gasteiger partial charge is 0.178 e. The SMILES string of the molecule is CC(=O)c1cc(C#C[Si](C)(C)C)c(O)c(Cl)n1. The van der Waals surface area contributed by atoms with Crippen LogP contribution in [0.25, 0.3) is 0 Å². The average Bonchev–Trinajstić information content (AvgIpc) is 2.18. The number of rotatable bonds is 1. The molecule has 0 aliphatic rings. The summed E-state index contributed by atoms with van der Waals surface area (Å²) in [6.07, 6.45) is 0. The molecule has 1 aromatic heterocycles. The van der Waals surface area contributed by atoms with Crippen molar-refractivity contribution >= 4 is 25.5 Å². The predicted octanol–water partition coefficient (Wildman–Crippen LogP) is 2.87. The van der Waals surface area contributed by atoms with E-state index in [9.17, 15) is 9.90 Å². The van der Waals surface area contributed by atoms with Crippen LogP contribution in [0.5, 0.6) is 5.75 Å². The summed E-state index contributed by atoms with van der Waals surface area (Å²) in [4.78, 5) is 15.0. The number of hydrogen-bond acceptors (Lipinski definition) is 3. The zero-order valence-corrected chi connectivity index (χ0v) is 12.0. The third-order valence-electron chi connectivity index (χ3n) is 1.88. The highest BCUT2D eigenvalue weighted by Crippen LogP contribution is 2.25. The van der Waals surface area contributed by atoms with E-state index in [1.807, 2.05) is 0 Å². The molecular weight excluding hydrogens is 254 g/mol. The Hall–Kier alpha value is -1.31. The minimum atomic E-state index is -1.55. The van der Waals surface area contributed by atoms with Gasteiger partial charge in [-0.15, -0.1) is 5.54 Å². The molecule has 1 N–H and O–H groups in total. The summed E-state index contributed by atoms with van der Waals surface area (Å²) >= 11 is 5.74. The number of carbonyl (C=O) groups excluding carboxylic acids is 1. The van der Waals surface area contributed by atoms with E-state index >= 15 is 0 Å². The number of nitrogens with zero attached hydrogens (tertiary/aromatic N) is 1. The van der Waals surface area contributed by atoms with Gasteiger partial charge in [0, 0.05) is 6.92 Å². The van der Waals surface area contributed by atoms with Crippen molar-refractivity contribution in [3.8, 4) is 17.2 Å². The van der Waals surface area contributed by atoms with E-state index in [1.54, 1.807) is 0 Å². The van der Waals surface area contributed by atoms with Crippen LogP contribution in [0.15, 0.2) is 6.07 Å². The molecule has 17 heavy (non-hydrogen) atoms. The molecule has 1 heterocycles. The van der Waals surface area contributed by atoms with Gasteiger partial charge in [0.1, 0.15) is 13.8 Å². The summed E-state index contributed by atoms with van der Waals surface area (Å²) in [7, 11) is -1.55. The Bertz CT molecular complexity index is 524. The fraction of sp³-hybridized carbons (Fsp3) is 0.333. The first-order chi connectivity index (χ1) is 7.70. The Morgan fingerprint density at radius 2 is 2.06 bits per heavy atom. The summed E-state index contributed by atoms with van der Waals surface area (Å²) in [6, 6.07) is 1.47. The molecule has 0 amide bonds. The topological polar surface area (TPSA) is 50.2 Å². The van der Waals surface area contributed by atoms with Gasteiger partial charge in [0.2, 0.25) is 0 Å². The number of hydrogen-bond donors (Lipinski definition) is 1. The summed E-state index contributed by atoms with van der Waals surface area (Å²) in [5, 5.41) is 9.62. The molecule has 0 saturated heterocycles. The Kier molecular flexibility index (Phi) is 3.97. The lowest BCUT2D eigenvalue weighted by molar-refractivity contribution is 0.101. The molecule has 0 bridgehead atoms. The van der Waals surface area contributed by atoms with Gasteiger partial charge in [-0.05, 0) is 6.07 Å². The number of aromatic nitrogens is 1. The predicted molar refractivity (Wildman–Crippen MR) is 71.1 cm³/mol. The Labute approximate surface area is 107 Å². The maximum absolute atomic E-state index is 11.2. The second kappa shape index (κ2) is 4.90. The van der Waals surface area contributed by atoms with Gasteiger partial charge < -0.3 is 5.11 Å². The fourth-order valence-corrected chi connectivity index (χ4v) is 1.74. The molecule has 0 fully saturated rings. The standard InChI is InChI=1S/C12H14ClNO2Si/c1-8(15)10-7-9(5-6-17(2,3)4)11(16)12(13)14-10/h7,16H,1-4H3. The molecule has 0 aliphatic heterocycles. The van der Waals surface area contributed by atoms with Gasteiger partial charge in [-0.1, -0.05) is 37.2 Å².